The summed E-state index contributed by atoms with van der Waals surface area (Å²) in [6, 6.07) is 0.191. The van der Waals surface area contributed by atoms with Crippen LogP contribution in [0.1, 0.15) is 19.8 Å². The van der Waals surface area contributed by atoms with E-state index in [0.717, 1.165) is 12.8 Å². The van der Waals surface area contributed by atoms with Crippen LogP contribution < -0.4 is 5.32 Å². The minimum Gasteiger partial charge on any atom is -0.478 e. The van der Waals surface area contributed by atoms with Crippen molar-refractivity contribution in [1.82, 2.24) is 5.32 Å². The molecule has 0 amide bonds. The van der Waals surface area contributed by atoms with Gasteiger partial charge in [-0.2, -0.15) is 0 Å². The summed E-state index contributed by atoms with van der Waals surface area (Å²) in [4.78, 5) is 10.1. The third-order valence-electron chi connectivity index (χ3n) is 1.44. The summed E-state index contributed by atoms with van der Waals surface area (Å²) in [6.07, 6.45) is 4.87. The van der Waals surface area contributed by atoms with Crippen LogP contribution in [0.3, 0.4) is 0 Å². The number of rotatable bonds is 5. The average molecular weight is 157 g/mol. The molecule has 2 N–H and O–H groups in total. The monoisotopic (exact) mass is 157 g/mol. The van der Waals surface area contributed by atoms with Crippen LogP contribution >= 0.6 is 0 Å². The summed E-state index contributed by atoms with van der Waals surface area (Å²) in [7, 11) is 1.83. The molecule has 0 rings (SSSR count). The van der Waals surface area contributed by atoms with Crippen molar-refractivity contribution in [3.05, 3.63) is 12.2 Å². The Morgan fingerprint density at radius 1 is 1.73 bits per heavy atom. The van der Waals surface area contributed by atoms with Crippen molar-refractivity contribution in [3.8, 4) is 0 Å². The van der Waals surface area contributed by atoms with Gasteiger partial charge < -0.3 is 10.4 Å². The molecule has 0 radical (unpaired) electrons. The summed E-state index contributed by atoms with van der Waals surface area (Å²) in [5, 5.41) is 11.3. The third kappa shape index (κ3) is 5.61. The van der Waals surface area contributed by atoms with Crippen LogP contribution in [-0.2, 0) is 4.79 Å². The van der Waals surface area contributed by atoms with Gasteiger partial charge in [0, 0.05) is 12.1 Å². The largest absolute Gasteiger partial charge is 0.478 e. The fraction of sp³-hybridized carbons (Fsp3) is 0.625. The zero-order valence-electron chi connectivity index (χ0n) is 7.00. The standard InChI is InChI=1S/C8H15NO2/c1-3-4-7(9-2)5-6-8(10)11/h5-7,9H,3-4H2,1-2H3,(H,10,11)/b6-5+. The molecule has 0 bridgehead atoms. The van der Waals surface area contributed by atoms with Gasteiger partial charge in [-0.05, 0) is 13.5 Å². The van der Waals surface area contributed by atoms with Gasteiger partial charge in [0.25, 0.3) is 0 Å². The molecule has 64 valence electrons. The average Bonchev–Trinajstić information content (AvgIpc) is 1.97. The molecule has 3 heteroatoms. The Morgan fingerprint density at radius 3 is 2.73 bits per heavy atom. The predicted molar refractivity (Wildman–Crippen MR) is 44.5 cm³/mol. The summed E-state index contributed by atoms with van der Waals surface area (Å²) >= 11 is 0. The highest BCUT2D eigenvalue weighted by molar-refractivity contribution is 5.79. The Balaban J connectivity index is 3.76. The van der Waals surface area contributed by atoms with Gasteiger partial charge in [-0.3, -0.25) is 0 Å². The number of hydrogen-bond donors (Lipinski definition) is 2. The molecular formula is C8H15NO2. The molecule has 0 aliphatic heterocycles. The molecule has 0 fully saturated rings. The van der Waals surface area contributed by atoms with E-state index in [1.54, 1.807) is 6.08 Å². The number of hydrogen-bond acceptors (Lipinski definition) is 2. The molecule has 11 heavy (non-hydrogen) atoms. The summed E-state index contributed by atoms with van der Waals surface area (Å²) in [5.41, 5.74) is 0. The number of carbonyl (C=O) groups is 1. The lowest BCUT2D eigenvalue weighted by atomic mass is 10.1. The Labute approximate surface area is 67.1 Å². The van der Waals surface area contributed by atoms with Crippen molar-refractivity contribution in [2.24, 2.45) is 0 Å². The van der Waals surface area contributed by atoms with E-state index in [1.807, 2.05) is 7.05 Å². The topological polar surface area (TPSA) is 49.3 Å². The SMILES string of the molecule is CCCC(/C=C/C(=O)O)NC. The first-order valence-corrected chi connectivity index (χ1v) is 3.79. The molecule has 0 aromatic rings. The van der Waals surface area contributed by atoms with Gasteiger partial charge in [-0.25, -0.2) is 4.79 Å². The molecule has 0 spiro atoms. The molecule has 3 nitrogen and oxygen atoms in total. The highest BCUT2D eigenvalue weighted by Crippen LogP contribution is 1.96. The Morgan fingerprint density at radius 2 is 2.36 bits per heavy atom. The van der Waals surface area contributed by atoms with Crippen molar-refractivity contribution < 1.29 is 9.90 Å². The number of aliphatic carboxylic acids is 1. The third-order valence-corrected chi connectivity index (χ3v) is 1.44. The van der Waals surface area contributed by atoms with Crippen LogP contribution in [0.15, 0.2) is 12.2 Å². The fourth-order valence-corrected chi connectivity index (χ4v) is 0.846. The van der Waals surface area contributed by atoms with Crippen molar-refractivity contribution >= 4 is 5.97 Å². The van der Waals surface area contributed by atoms with Gasteiger partial charge in [-0.1, -0.05) is 19.4 Å². The number of likely N-dealkylation sites (N-methyl/N-ethyl adjacent to an activating group) is 1. The van der Waals surface area contributed by atoms with Gasteiger partial charge >= 0.3 is 5.97 Å². The van der Waals surface area contributed by atoms with Crippen LogP contribution in [0.2, 0.25) is 0 Å². The first-order valence-electron chi connectivity index (χ1n) is 3.79. The molecular weight excluding hydrogens is 142 g/mol. The molecule has 1 atom stereocenters. The van der Waals surface area contributed by atoms with Crippen LogP contribution in [0.25, 0.3) is 0 Å². The Hall–Kier alpha value is -0.830. The van der Waals surface area contributed by atoms with E-state index in [1.165, 1.54) is 6.08 Å². The quantitative estimate of drug-likeness (QED) is 0.586. The van der Waals surface area contributed by atoms with E-state index in [4.69, 9.17) is 5.11 Å². The van der Waals surface area contributed by atoms with Gasteiger partial charge in [-0.15, -0.1) is 0 Å². The van der Waals surface area contributed by atoms with Crippen molar-refractivity contribution in [2.45, 2.75) is 25.8 Å². The van der Waals surface area contributed by atoms with Crippen molar-refractivity contribution in [1.29, 1.82) is 0 Å². The van der Waals surface area contributed by atoms with Crippen LogP contribution in [0.5, 0.6) is 0 Å². The van der Waals surface area contributed by atoms with Gasteiger partial charge in [0.2, 0.25) is 0 Å². The normalized spacial score (nSPS) is 13.6. The van der Waals surface area contributed by atoms with E-state index < -0.39 is 5.97 Å². The van der Waals surface area contributed by atoms with E-state index in [2.05, 4.69) is 12.2 Å². The number of carboxylic acids is 1. The van der Waals surface area contributed by atoms with E-state index in [0.29, 0.717) is 0 Å². The molecule has 0 aromatic heterocycles. The molecule has 1 unspecified atom stereocenters. The first-order chi connectivity index (χ1) is 5.20. The zero-order chi connectivity index (χ0) is 8.69. The van der Waals surface area contributed by atoms with E-state index in [9.17, 15) is 4.79 Å². The molecule has 0 saturated carbocycles. The summed E-state index contributed by atoms with van der Waals surface area (Å²) < 4.78 is 0. The highest BCUT2D eigenvalue weighted by Gasteiger charge is 1.98. The summed E-state index contributed by atoms with van der Waals surface area (Å²) in [6.45, 7) is 2.07. The minimum atomic E-state index is -0.888. The molecule has 0 saturated heterocycles. The fourth-order valence-electron chi connectivity index (χ4n) is 0.846. The predicted octanol–water partition coefficient (Wildman–Crippen LogP) is 1.02. The summed E-state index contributed by atoms with van der Waals surface area (Å²) in [5.74, 6) is -0.888. The van der Waals surface area contributed by atoms with Crippen LogP contribution in [-0.4, -0.2) is 24.2 Å². The second-order valence-corrected chi connectivity index (χ2v) is 2.38. The molecule has 0 heterocycles. The van der Waals surface area contributed by atoms with Gasteiger partial charge in [0.05, 0.1) is 0 Å². The maximum atomic E-state index is 10.1. The van der Waals surface area contributed by atoms with Crippen LogP contribution in [0, 0.1) is 0 Å². The van der Waals surface area contributed by atoms with E-state index >= 15 is 0 Å². The Kier molecular flexibility index (Phi) is 5.47. The highest BCUT2D eigenvalue weighted by atomic mass is 16.4. The maximum Gasteiger partial charge on any atom is 0.328 e. The Bertz CT molecular complexity index is 143. The lowest BCUT2D eigenvalue weighted by Gasteiger charge is -2.08. The minimum absolute atomic E-state index is 0.191. The van der Waals surface area contributed by atoms with Crippen molar-refractivity contribution in [3.63, 3.8) is 0 Å². The second kappa shape index (κ2) is 5.92. The lowest BCUT2D eigenvalue weighted by molar-refractivity contribution is -0.131. The number of carboxylic acid groups (broad SMARTS) is 1. The van der Waals surface area contributed by atoms with Gasteiger partial charge in [0.1, 0.15) is 0 Å². The maximum absolute atomic E-state index is 10.1. The smallest absolute Gasteiger partial charge is 0.328 e. The first kappa shape index (κ1) is 10.2. The zero-order valence-corrected chi connectivity index (χ0v) is 7.00. The molecule has 0 aliphatic rings. The lowest BCUT2D eigenvalue weighted by Crippen LogP contribution is -2.22. The molecule has 0 aromatic carbocycles. The number of nitrogens with one attached hydrogen (secondary N) is 1. The molecule has 0 aliphatic carbocycles. The van der Waals surface area contributed by atoms with Crippen LogP contribution in [0.4, 0.5) is 0 Å². The van der Waals surface area contributed by atoms with E-state index in [-0.39, 0.29) is 6.04 Å². The van der Waals surface area contributed by atoms with Crippen molar-refractivity contribution in [2.75, 3.05) is 7.05 Å². The second-order valence-electron chi connectivity index (χ2n) is 2.38. The van der Waals surface area contributed by atoms with Gasteiger partial charge in [0.15, 0.2) is 0 Å².